The van der Waals surface area contributed by atoms with Crippen molar-refractivity contribution in [1.29, 1.82) is 0 Å². The van der Waals surface area contributed by atoms with Crippen molar-refractivity contribution < 1.29 is 129 Å². The predicted octanol–water partition coefficient (Wildman–Crippen LogP) is 3.11. The fraction of sp³-hybridized carbons (Fsp3) is 0.633. The molecular weight excluding hydrogens is 1700 g/mol. The first-order chi connectivity index (χ1) is 62.0. The lowest BCUT2D eigenvalue weighted by molar-refractivity contribution is -0.156. The van der Waals surface area contributed by atoms with E-state index in [-0.39, 0.29) is 115 Å². The highest BCUT2D eigenvalue weighted by Crippen LogP contribution is 2.27. The van der Waals surface area contributed by atoms with Crippen molar-refractivity contribution in [3.8, 4) is 0 Å². The number of imide groups is 1. The van der Waals surface area contributed by atoms with Crippen LogP contribution in [0.25, 0.3) is 0 Å². The van der Waals surface area contributed by atoms with Crippen LogP contribution in [0.4, 0.5) is 15.3 Å². The summed E-state index contributed by atoms with van der Waals surface area (Å²) in [5.41, 5.74) is 7.36. The number of nitrogens with zero attached hydrogens (tertiary/aromatic N) is 3. The summed E-state index contributed by atoms with van der Waals surface area (Å²) in [5, 5.41) is 24.1. The van der Waals surface area contributed by atoms with Crippen LogP contribution in [0.1, 0.15) is 139 Å². The number of nitrogens with one attached hydrogen (secondary N) is 9. The van der Waals surface area contributed by atoms with Crippen LogP contribution in [0.2, 0.25) is 0 Å². The maximum atomic E-state index is 14.4. The summed E-state index contributed by atoms with van der Waals surface area (Å²) in [6, 6.07) is 7.22. The molecule has 0 aliphatic carbocycles. The van der Waals surface area contributed by atoms with E-state index in [1.54, 1.807) is 102 Å². The minimum absolute atomic E-state index is 0.0118. The van der Waals surface area contributed by atoms with Crippen LogP contribution in [-0.4, -0.2) is 311 Å². The van der Waals surface area contributed by atoms with Gasteiger partial charge in [-0.3, -0.25) is 63.0 Å². The summed E-state index contributed by atoms with van der Waals surface area (Å²) in [4.78, 5) is 204. The minimum atomic E-state index is -1.39. The Kier molecular flexibility index (Phi) is 53.5. The summed E-state index contributed by atoms with van der Waals surface area (Å²) in [6.07, 6.45) is 1.82. The minimum Gasteiger partial charge on any atom is -0.456 e. The highest BCUT2D eigenvalue weighted by atomic mass is 16.6. The molecule has 2 aliphatic heterocycles. The number of hydrogen-bond acceptors (Lipinski definition) is 27. The third-order valence-corrected chi connectivity index (χ3v) is 20.9. The molecule has 0 bridgehead atoms. The van der Waals surface area contributed by atoms with Gasteiger partial charge >= 0.3 is 24.1 Å². The van der Waals surface area contributed by atoms with E-state index in [2.05, 4.69) is 47.9 Å². The van der Waals surface area contributed by atoms with Gasteiger partial charge in [0, 0.05) is 82.3 Å². The lowest BCUT2D eigenvalue weighted by Crippen LogP contribution is -2.57. The molecule has 2 aliphatic rings. The zero-order valence-corrected chi connectivity index (χ0v) is 77.7. The van der Waals surface area contributed by atoms with Gasteiger partial charge in [0.15, 0.2) is 6.10 Å². The lowest BCUT2D eigenvalue weighted by atomic mass is 9.90. The molecule has 1 unspecified atom stereocenters. The van der Waals surface area contributed by atoms with Gasteiger partial charge in [-0.2, -0.15) is 0 Å². The molecule has 130 heavy (non-hydrogen) atoms. The Labute approximate surface area is 761 Å². The first kappa shape index (κ1) is 111. The monoisotopic (exact) mass is 1830 g/mol. The Balaban J connectivity index is 1.27. The molecule has 14 amide bonds. The number of amides is 14. The molecule has 0 fully saturated rings. The van der Waals surface area contributed by atoms with E-state index in [0.717, 1.165) is 9.80 Å². The lowest BCUT2D eigenvalue weighted by Gasteiger charge is -2.33. The predicted molar refractivity (Wildman–Crippen MR) is 475 cm³/mol. The van der Waals surface area contributed by atoms with Crippen molar-refractivity contribution in [1.82, 2.24) is 57.2 Å². The molecule has 2 heterocycles. The molecule has 2 aromatic rings. The second kappa shape index (κ2) is 62.4. The highest BCUT2D eigenvalue weighted by molar-refractivity contribution is 6.13. The Morgan fingerprint density at radius 1 is 0.623 bits per heavy atom. The normalized spacial score (nSPS) is 20.3. The number of primary amides is 1. The van der Waals surface area contributed by atoms with Gasteiger partial charge in [0.1, 0.15) is 55.7 Å². The van der Waals surface area contributed by atoms with E-state index in [1.165, 1.54) is 58.0 Å². The summed E-state index contributed by atoms with van der Waals surface area (Å²) < 4.78 is 68.1. The molecule has 11 atom stereocenters. The second-order valence-corrected chi connectivity index (χ2v) is 32.1. The fourth-order valence-corrected chi connectivity index (χ4v) is 12.9. The number of nitrogens with two attached hydrogens (primary N) is 1. The highest BCUT2D eigenvalue weighted by Gasteiger charge is 2.39. The van der Waals surface area contributed by atoms with E-state index in [4.69, 9.17) is 62.6 Å². The van der Waals surface area contributed by atoms with E-state index < -0.39 is 169 Å². The van der Waals surface area contributed by atoms with Gasteiger partial charge in [0.05, 0.1) is 118 Å². The number of benzene rings is 2. The maximum Gasteiger partial charge on any atom is 0.409 e. The molecule has 4 rings (SSSR count). The van der Waals surface area contributed by atoms with Crippen LogP contribution < -0.4 is 53.6 Å². The van der Waals surface area contributed by atoms with Crippen LogP contribution in [0.15, 0.2) is 90.0 Å². The Morgan fingerprint density at radius 2 is 1.18 bits per heavy atom. The van der Waals surface area contributed by atoms with Crippen molar-refractivity contribution >= 4 is 94.7 Å². The van der Waals surface area contributed by atoms with Crippen LogP contribution in [0.5, 0.6) is 0 Å². The van der Waals surface area contributed by atoms with Crippen molar-refractivity contribution in [2.24, 2.45) is 29.4 Å². The third-order valence-electron chi connectivity index (χ3n) is 20.9. The van der Waals surface area contributed by atoms with E-state index in [0.29, 0.717) is 108 Å². The van der Waals surface area contributed by atoms with E-state index >= 15 is 0 Å². The van der Waals surface area contributed by atoms with Crippen molar-refractivity contribution in [3.63, 3.8) is 0 Å². The molecule has 40 nitrogen and oxygen atoms in total. The Hall–Kier alpha value is -10.8. The second-order valence-electron chi connectivity index (χ2n) is 32.1. The molecule has 726 valence electrons. The van der Waals surface area contributed by atoms with Gasteiger partial charge in [0.25, 0.3) is 17.7 Å². The SMILES string of the molecule is C/C=C(\C)[C@H]1OC(=O)[C@@H](C)NC(=O)[C@H](C(C)CC)NC(=O)CN(C)C(=O)[C@@H](Cc2ccccc2)N(C)C(=O)[C@H](C)NC(=O)[C@@H](CC(C)C)OC(=O)/C(C)=C/C[C@H](OCNC(=O)OCc2ccc(NC(=O)[C@H](CCCNC(N)=O)NC(=O)[C@@H](NC(=O)CCOCCOCCOCCOCCOCCOCCOCCOCCNC(=O)CCN3C(=O)C=CC3=O)C(C)C)cc2)[C@@H]1C. The number of alkyl carbamates (subject to hydrolysis) is 1. The first-order valence-electron chi connectivity index (χ1n) is 44.2. The van der Waals surface area contributed by atoms with Gasteiger partial charge in [-0.1, -0.05) is 110 Å². The summed E-state index contributed by atoms with van der Waals surface area (Å²) in [7, 11) is 2.79. The summed E-state index contributed by atoms with van der Waals surface area (Å²) in [6.45, 7) is 24.2. The molecule has 2 aromatic carbocycles. The van der Waals surface area contributed by atoms with E-state index in [1.807, 2.05) is 20.8 Å². The van der Waals surface area contributed by atoms with Crippen LogP contribution in [-0.2, 0) is 132 Å². The van der Waals surface area contributed by atoms with Gasteiger partial charge in [-0.05, 0) is 107 Å². The third kappa shape index (κ3) is 43.7. The number of allylic oxidation sites excluding steroid dienone is 1. The number of esters is 2. The zero-order chi connectivity index (χ0) is 96.0. The van der Waals surface area contributed by atoms with Gasteiger partial charge in [0.2, 0.25) is 47.3 Å². The number of urea groups is 1. The Bertz CT molecular complexity index is 3980. The zero-order valence-electron chi connectivity index (χ0n) is 77.7. The average molecular weight is 1840 g/mol. The maximum absolute atomic E-state index is 14.4. The van der Waals surface area contributed by atoms with Crippen molar-refractivity contribution in [2.75, 3.05) is 158 Å². The van der Waals surface area contributed by atoms with Gasteiger partial charge in [-0.15, -0.1) is 0 Å². The molecule has 0 radical (unpaired) electrons. The molecule has 40 heteroatoms. The van der Waals surface area contributed by atoms with Crippen molar-refractivity contribution in [3.05, 3.63) is 101 Å². The molecule has 0 spiro atoms. The van der Waals surface area contributed by atoms with Crippen LogP contribution >= 0.6 is 0 Å². The Morgan fingerprint density at radius 3 is 1.73 bits per heavy atom. The van der Waals surface area contributed by atoms with Crippen LogP contribution in [0, 0.1) is 23.7 Å². The quantitative estimate of drug-likeness (QED) is 0.0114. The number of anilines is 1. The fourth-order valence-electron chi connectivity index (χ4n) is 12.9. The number of carbonyl (C=O) groups is 15. The first-order valence-corrected chi connectivity index (χ1v) is 44.2. The van der Waals surface area contributed by atoms with Gasteiger partial charge < -0.3 is 115 Å². The molecule has 11 N–H and O–H groups in total. The van der Waals surface area contributed by atoms with Crippen molar-refractivity contribution in [2.45, 2.75) is 196 Å². The summed E-state index contributed by atoms with van der Waals surface area (Å²) in [5.74, 6) is -9.98. The number of cyclic esters (lactones) is 2. The smallest absolute Gasteiger partial charge is 0.409 e. The van der Waals surface area contributed by atoms with Crippen LogP contribution in [0.3, 0.4) is 0 Å². The average Bonchev–Trinajstić information content (AvgIpc) is 1.14. The van der Waals surface area contributed by atoms with E-state index in [9.17, 15) is 71.9 Å². The van der Waals surface area contributed by atoms with Gasteiger partial charge in [-0.25, -0.2) is 19.2 Å². The largest absolute Gasteiger partial charge is 0.456 e. The number of carbonyl (C=O) groups excluding carboxylic acids is 15. The molecular formula is C90H139N13O27. The summed E-state index contributed by atoms with van der Waals surface area (Å²) >= 11 is 0. The standard InChI is InChI=1S/C90H139N13O27/c1-15-60(7)79-84(112)96-65(12)88(116)130-80(61(8)16-2)63(10)71(29-24-62(9)87(115)129-72(53-58(3)4)82(110)95-64(11)85(113)102(14)70(54-66-21-18-17-19-22-66)86(114)101(13)55-75(106)100-79)128-57-94-90(118)127-56-67-25-27-68(28-26-67)97-81(109)69(23-20-34-93-89(91)117)98-83(111)78(59(5)6)99-74(105)33-37-119-39-41-121-43-45-123-47-49-125-51-52-126-50-48-124-46-44-122-42-40-120-38-35-92-73(104)32-36-103-76(107)30-31-77(103)108/h16-19,21-22,24-28,30-31,58-60,63-65,69-72,78-80H,15,20,23,29,32-57H2,1-14H3,(H,92,104)(H,94,118)(H,95,110)(H,96,112)(H,97,109)(H,98,111)(H,99,105)(H,100,106)(H3,91,93,117)/b61-16+,62-24+/t60?,63-,64-,65+,69-,70+,71-,72+,78-,79-,80+/m0/s1. The number of rotatable bonds is 52. The molecule has 0 saturated heterocycles. The molecule has 0 saturated carbocycles. The number of hydrogen-bond donors (Lipinski definition) is 10. The topological polar surface area (TPSA) is 511 Å². The molecule has 0 aromatic heterocycles. The number of ether oxygens (including phenoxy) is 12. The number of likely N-dealkylation sites (N-methyl/N-ethyl adjacent to an activating group) is 2.